The van der Waals surface area contributed by atoms with E-state index in [4.69, 9.17) is 5.26 Å². The lowest BCUT2D eigenvalue weighted by Gasteiger charge is -2.14. The Hall–Kier alpha value is -1.54. The van der Waals surface area contributed by atoms with Gasteiger partial charge in [-0.25, -0.2) is 0 Å². The minimum Gasteiger partial charge on any atom is -0.373 e. The summed E-state index contributed by atoms with van der Waals surface area (Å²) in [4.78, 5) is 13.5. The van der Waals surface area contributed by atoms with Gasteiger partial charge in [0.2, 0.25) is 5.91 Å². The van der Waals surface area contributed by atoms with Crippen molar-refractivity contribution < 1.29 is 4.79 Å². The van der Waals surface area contributed by atoms with Crippen LogP contribution in [0.15, 0.2) is 22.7 Å². The molecule has 1 saturated heterocycles. The molecule has 1 fully saturated rings. The highest BCUT2D eigenvalue weighted by Crippen LogP contribution is 2.25. The lowest BCUT2D eigenvalue weighted by atomic mass is 10.1. The average Bonchev–Trinajstić information content (AvgIpc) is 2.61. The second-order valence-corrected chi connectivity index (χ2v) is 4.87. The molecule has 1 unspecified atom stereocenters. The van der Waals surface area contributed by atoms with Crippen molar-refractivity contribution in [1.82, 2.24) is 4.90 Å². The van der Waals surface area contributed by atoms with E-state index in [9.17, 15) is 4.79 Å². The second-order valence-electron chi connectivity index (χ2n) is 4.02. The molecule has 1 aliphatic rings. The maximum absolute atomic E-state index is 11.8. The predicted molar refractivity (Wildman–Crippen MR) is 68.5 cm³/mol. The Morgan fingerprint density at radius 1 is 1.59 bits per heavy atom. The third-order valence-corrected chi connectivity index (χ3v) is 3.54. The van der Waals surface area contributed by atoms with E-state index in [1.807, 2.05) is 18.2 Å². The maximum Gasteiger partial charge on any atom is 0.244 e. The van der Waals surface area contributed by atoms with Gasteiger partial charge < -0.3 is 10.2 Å². The first-order chi connectivity index (χ1) is 8.13. The number of nitrogens with zero attached hydrogens (tertiary/aromatic N) is 2. The SMILES string of the molecule is CN1CCC(Nc2cccc(Br)c2C#N)C1=O. The van der Waals surface area contributed by atoms with Crippen molar-refractivity contribution in [3.63, 3.8) is 0 Å². The number of likely N-dealkylation sites (N-methyl/N-ethyl adjacent to an activating group) is 1. The quantitative estimate of drug-likeness (QED) is 0.907. The van der Waals surface area contributed by atoms with Crippen LogP contribution in [0.4, 0.5) is 5.69 Å². The number of benzene rings is 1. The summed E-state index contributed by atoms with van der Waals surface area (Å²) >= 11 is 3.33. The lowest BCUT2D eigenvalue weighted by Crippen LogP contribution is -2.31. The molecular weight excluding hydrogens is 282 g/mol. The molecule has 1 aliphatic heterocycles. The number of hydrogen-bond donors (Lipinski definition) is 1. The molecule has 1 amide bonds. The van der Waals surface area contributed by atoms with E-state index < -0.39 is 0 Å². The molecule has 1 atom stereocenters. The van der Waals surface area contributed by atoms with E-state index in [1.165, 1.54) is 0 Å². The second kappa shape index (κ2) is 4.76. The summed E-state index contributed by atoms with van der Waals surface area (Å²) in [6.07, 6.45) is 0.771. The maximum atomic E-state index is 11.8. The fraction of sp³-hybridized carbons (Fsp3) is 0.333. The van der Waals surface area contributed by atoms with Gasteiger partial charge in [-0.3, -0.25) is 4.79 Å². The number of amides is 1. The van der Waals surface area contributed by atoms with Gasteiger partial charge in [-0.2, -0.15) is 5.26 Å². The highest BCUT2D eigenvalue weighted by atomic mass is 79.9. The number of likely N-dealkylation sites (tertiary alicyclic amines) is 1. The lowest BCUT2D eigenvalue weighted by molar-refractivity contribution is -0.127. The summed E-state index contributed by atoms with van der Waals surface area (Å²) in [7, 11) is 1.79. The number of anilines is 1. The predicted octanol–water partition coefficient (Wildman–Crippen LogP) is 1.96. The molecule has 0 radical (unpaired) electrons. The topological polar surface area (TPSA) is 56.1 Å². The van der Waals surface area contributed by atoms with Gasteiger partial charge in [0.1, 0.15) is 12.1 Å². The van der Waals surface area contributed by atoms with Crippen LogP contribution >= 0.6 is 15.9 Å². The van der Waals surface area contributed by atoms with Crippen molar-refractivity contribution in [2.45, 2.75) is 12.5 Å². The van der Waals surface area contributed by atoms with Crippen LogP contribution in [0.25, 0.3) is 0 Å². The van der Waals surface area contributed by atoms with Gasteiger partial charge in [-0.1, -0.05) is 6.07 Å². The first-order valence-electron chi connectivity index (χ1n) is 5.33. The molecule has 1 aromatic carbocycles. The minimum atomic E-state index is -0.221. The zero-order valence-corrected chi connectivity index (χ0v) is 11.0. The van der Waals surface area contributed by atoms with Gasteiger partial charge in [0.25, 0.3) is 0 Å². The summed E-state index contributed by atoms with van der Waals surface area (Å²) < 4.78 is 0.740. The van der Waals surface area contributed by atoms with E-state index in [1.54, 1.807) is 11.9 Å². The van der Waals surface area contributed by atoms with Crippen LogP contribution in [0.3, 0.4) is 0 Å². The van der Waals surface area contributed by atoms with Crippen molar-refractivity contribution in [2.24, 2.45) is 0 Å². The molecule has 88 valence electrons. The van der Waals surface area contributed by atoms with Crippen molar-refractivity contribution in [3.05, 3.63) is 28.2 Å². The Morgan fingerprint density at radius 3 is 2.94 bits per heavy atom. The zero-order valence-electron chi connectivity index (χ0n) is 9.40. The van der Waals surface area contributed by atoms with Crippen LogP contribution in [-0.4, -0.2) is 30.4 Å². The highest BCUT2D eigenvalue weighted by molar-refractivity contribution is 9.10. The first-order valence-corrected chi connectivity index (χ1v) is 6.13. The number of hydrogen-bond acceptors (Lipinski definition) is 3. The van der Waals surface area contributed by atoms with Crippen LogP contribution in [0, 0.1) is 11.3 Å². The van der Waals surface area contributed by atoms with Crippen LogP contribution in [0.1, 0.15) is 12.0 Å². The highest BCUT2D eigenvalue weighted by Gasteiger charge is 2.29. The third kappa shape index (κ3) is 2.27. The normalized spacial score (nSPS) is 19.2. The number of carbonyl (C=O) groups is 1. The van der Waals surface area contributed by atoms with E-state index in [0.29, 0.717) is 11.3 Å². The standard InChI is InChI=1S/C12H12BrN3O/c1-16-6-5-11(12(16)17)15-10-4-2-3-9(13)8(10)7-14/h2-4,11,15H,5-6H2,1H3. The van der Waals surface area contributed by atoms with Crippen LogP contribution in [0.5, 0.6) is 0 Å². The van der Waals surface area contributed by atoms with Gasteiger partial charge >= 0.3 is 0 Å². The molecule has 4 nitrogen and oxygen atoms in total. The largest absolute Gasteiger partial charge is 0.373 e. The smallest absolute Gasteiger partial charge is 0.244 e. The molecule has 1 aromatic rings. The number of nitrogens with one attached hydrogen (secondary N) is 1. The average molecular weight is 294 g/mol. The molecule has 2 rings (SSSR count). The van der Waals surface area contributed by atoms with Crippen molar-refractivity contribution in [3.8, 4) is 6.07 Å². The molecule has 17 heavy (non-hydrogen) atoms. The minimum absolute atomic E-state index is 0.0777. The molecule has 0 spiro atoms. The van der Waals surface area contributed by atoms with E-state index in [-0.39, 0.29) is 11.9 Å². The Balaban J connectivity index is 2.23. The summed E-state index contributed by atoms with van der Waals surface area (Å²) in [5.74, 6) is 0.0777. The molecule has 1 N–H and O–H groups in total. The van der Waals surface area contributed by atoms with Crippen LogP contribution in [-0.2, 0) is 4.79 Å². The molecule has 5 heteroatoms. The molecular formula is C12H12BrN3O. The zero-order chi connectivity index (χ0) is 12.4. The first kappa shape index (κ1) is 11.9. The number of rotatable bonds is 2. The fourth-order valence-electron chi connectivity index (χ4n) is 1.90. The van der Waals surface area contributed by atoms with Crippen LogP contribution in [0.2, 0.25) is 0 Å². The third-order valence-electron chi connectivity index (χ3n) is 2.88. The van der Waals surface area contributed by atoms with Gasteiger partial charge in [-0.15, -0.1) is 0 Å². The molecule has 1 heterocycles. The molecule has 0 saturated carbocycles. The Morgan fingerprint density at radius 2 is 2.35 bits per heavy atom. The molecule has 0 aliphatic carbocycles. The monoisotopic (exact) mass is 293 g/mol. The number of nitriles is 1. The van der Waals surface area contributed by atoms with E-state index >= 15 is 0 Å². The summed E-state index contributed by atoms with van der Waals surface area (Å²) in [6, 6.07) is 7.38. The summed E-state index contributed by atoms with van der Waals surface area (Å²) in [5.41, 5.74) is 1.24. The Labute approximate surface area is 108 Å². The van der Waals surface area contributed by atoms with Crippen LogP contribution < -0.4 is 5.32 Å². The van der Waals surface area contributed by atoms with Gasteiger partial charge in [-0.05, 0) is 34.5 Å². The van der Waals surface area contributed by atoms with Crippen molar-refractivity contribution >= 4 is 27.5 Å². The van der Waals surface area contributed by atoms with Gasteiger partial charge in [0, 0.05) is 18.1 Å². The van der Waals surface area contributed by atoms with E-state index in [0.717, 1.165) is 17.4 Å². The van der Waals surface area contributed by atoms with Gasteiger partial charge in [0.15, 0.2) is 0 Å². The summed E-state index contributed by atoms with van der Waals surface area (Å²) in [6.45, 7) is 0.756. The van der Waals surface area contributed by atoms with Crippen molar-refractivity contribution in [2.75, 3.05) is 18.9 Å². The van der Waals surface area contributed by atoms with E-state index in [2.05, 4.69) is 27.3 Å². The van der Waals surface area contributed by atoms with Gasteiger partial charge in [0.05, 0.1) is 11.3 Å². The Kier molecular flexibility index (Phi) is 3.34. The Bertz CT molecular complexity index is 495. The number of carbonyl (C=O) groups excluding carboxylic acids is 1. The number of halogens is 1. The molecule has 0 aromatic heterocycles. The molecule has 0 bridgehead atoms. The fourth-order valence-corrected chi connectivity index (χ4v) is 2.36. The van der Waals surface area contributed by atoms with Crippen molar-refractivity contribution in [1.29, 1.82) is 5.26 Å². The summed E-state index contributed by atoms with van der Waals surface area (Å²) in [5, 5.41) is 12.2.